The first-order valence-corrected chi connectivity index (χ1v) is 4.03. The van der Waals surface area contributed by atoms with Crippen LogP contribution < -0.4 is 5.32 Å². The van der Waals surface area contributed by atoms with Crippen LogP contribution in [-0.4, -0.2) is 6.54 Å². The number of hydrogen-bond donors (Lipinski definition) is 1. The Bertz CT molecular complexity index is 361. The second-order valence-electron chi connectivity index (χ2n) is 3.06. The van der Waals surface area contributed by atoms with Crippen molar-refractivity contribution < 1.29 is 13.2 Å². The van der Waals surface area contributed by atoms with Gasteiger partial charge in [-0.3, -0.25) is 0 Å². The molecule has 0 unspecified atom stereocenters. The molecular weight excluding hydrogens is 191 g/mol. The van der Waals surface area contributed by atoms with Crippen LogP contribution in [0.3, 0.4) is 0 Å². The fraction of sp³-hybridized carbons (Fsp3) is 0.200. The van der Waals surface area contributed by atoms with E-state index in [-0.39, 0.29) is 12.2 Å². The summed E-state index contributed by atoms with van der Waals surface area (Å²) in [6.07, 6.45) is 0. The zero-order chi connectivity index (χ0) is 10.7. The maximum absolute atomic E-state index is 13.0. The van der Waals surface area contributed by atoms with E-state index in [0.717, 1.165) is 11.6 Å². The van der Waals surface area contributed by atoms with Crippen molar-refractivity contribution in [1.82, 2.24) is 0 Å². The number of anilines is 1. The molecule has 1 rings (SSSR count). The Morgan fingerprint density at radius 1 is 1.36 bits per heavy atom. The average molecular weight is 201 g/mol. The van der Waals surface area contributed by atoms with E-state index in [0.29, 0.717) is 6.07 Å². The summed E-state index contributed by atoms with van der Waals surface area (Å²) >= 11 is 0. The summed E-state index contributed by atoms with van der Waals surface area (Å²) in [4.78, 5) is 0. The summed E-state index contributed by atoms with van der Waals surface area (Å²) in [6, 6.07) is 1.41. The molecule has 4 heteroatoms. The first-order valence-electron chi connectivity index (χ1n) is 4.03. The molecular formula is C10H10F3N. The largest absolute Gasteiger partial charge is 0.379 e. The van der Waals surface area contributed by atoms with E-state index in [1.54, 1.807) is 6.92 Å². The van der Waals surface area contributed by atoms with Gasteiger partial charge in [-0.25, -0.2) is 13.2 Å². The molecule has 0 saturated heterocycles. The van der Waals surface area contributed by atoms with Gasteiger partial charge in [0.2, 0.25) is 0 Å². The SMILES string of the molecule is C=C(C)CNc1cc(F)cc(F)c1F. The average Bonchev–Trinajstić information content (AvgIpc) is 2.08. The normalized spacial score (nSPS) is 10.0. The van der Waals surface area contributed by atoms with Crippen LogP contribution in [0.1, 0.15) is 6.92 Å². The molecule has 0 atom stereocenters. The molecule has 14 heavy (non-hydrogen) atoms. The van der Waals surface area contributed by atoms with Crippen molar-refractivity contribution in [3.8, 4) is 0 Å². The maximum atomic E-state index is 13.0. The Morgan fingerprint density at radius 3 is 2.57 bits per heavy atom. The highest BCUT2D eigenvalue weighted by Crippen LogP contribution is 2.19. The van der Waals surface area contributed by atoms with Gasteiger partial charge in [-0.1, -0.05) is 12.2 Å². The Hall–Kier alpha value is -1.45. The van der Waals surface area contributed by atoms with Crippen LogP contribution >= 0.6 is 0 Å². The Labute approximate surface area is 80.2 Å². The lowest BCUT2D eigenvalue weighted by atomic mass is 10.2. The van der Waals surface area contributed by atoms with E-state index < -0.39 is 17.5 Å². The number of hydrogen-bond acceptors (Lipinski definition) is 1. The number of benzene rings is 1. The van der Waals surface area contributed by atoms with Gasteiger partial charge in [-0.2, -0.15) is 0 Å². The van der Waals surface area contributed by atoms with Crippen LogP contribution in [-0.2, 0) is 0 Å². The van der Waals surface area contributed by atoms with Crippen LogP contribution in [0, 0.1) is 17.5 Å². The Kier molecular flexibility index (Phi) is 3.17. The van der Waals surface area contributed by atoms with E-state index in [9.17, 15) is 13.2 Å². The van der Waals surface area contributed by atoms with Crippen molar-refractivity contribution in [3.05, 3.63) is 41.7 Å². The van der Waals surface area contributed by atoms with Crippen LogP contribution in [0.15, 0.2) is 24.3 Å². The highest BCUT2D eigenvalue weighted by Gasteiger charge is 2.10. The zero-order valence-electron chi connectivity index (χ0n) is 7.70. The smallest absolute Gasteiger partial charge is 0.182 e. The third-order valence-corrected chi connectivity index (χ3v) is 1.57. The zero-order valence-corrected chi connectivity index (χ0v) is 7.70. The van der Waals surface area contributed by atoms with Crippen LogP contribution in [0.2, 0.25) is 0 Å². The lowest BCUT2D eigenvalue weighted by Crippen LogP contribution is -2.05. The monoisotopic (exact) mass is 201 g/mol. The van der Waals surface area contributed by atoms with Crippen molar-refractivity contribution >= 4 is 5.69 Å². The molecule has 0 bridgehead atoms. The lowest BCUT2D eigenvalue weighted by Gasteiger charge is -2.07. The molecule has 0 amide bonds. The molecule has 0 aliphatic rings. The summed E-state index contributed by atoms with van der Waals surface area (Å²) in [7, 11) is 0. The van der Waals surface area contributed by atoms with E-state index in [2.05, 4.69) is 11.9 Å². The second kappa shape index (κ2) is 4.17. The predicted octanol–water partition coefficient (Wildman–Crippen LogP) is 3.09. The van der Waals surface area contributed by atoms with E-state index in [4.69, 9.17) is 0 Å². The van der Waals surface area contributed by atoms with Crippen molar-refractivity contribution in [1.29, 1.82) is 0 Å². The fourth-order valence-corrected chi connectivity index (χ4v) is 0.931. The van der Waals surface area contributed by atoms with Crippen LogP contribution in [0.4, 0.5) is 18.9 Å². The van der Waals surface area contributed by atoms with Crippen LogP contribution in [0.25, 0.3) is 0 Å². The number of rotatable bonds is 3. The second-order valence-corrected chi connectivity index (χ2v) is 3.06. The maximum Gasteiger partial charge on any atom is 0.182 e. The highest BCUT2D eigenvalue weighted by atomic mass is 19.2. The summed E-state index contributed by atoms with van der Waals surface area (Å²) in [6.45, 7) is 5.57. The molecule has 0 heterocycles. The van der Waals surface area contributed by atoms with Gasteiger partial charge in [0.25, 0.3) is 0 Å². The molecule has 0 aromatic heterocycles. The third-order valence-electron chi connectivity index (χ3n) is 1.57. The topological polar surface area (TPSA) is 12.0 Å². The van der Waals surface area contributed by atoms with E-state index >= 15 is 0 Å². The Morgan fingerprint density at radius 2 is 2.00 bits per heavy atom. The summed E-state index contributed by atoms with van der Waals surface area (Å²) in [5.41, 5.74) is 0.555. The predicted molar refractivity (Wildman–Crippen MR) is 49.6 cm³/mol. The number of halogens is 3. The standard InChI is InChI=1S/C10H10F3N/c1-6(2)5-14-9-4-7(11)3-8(12)10(9)13/h3-4,14H,1,5H2,2H3. The van der Waals surface area contributed by atoms with Gasteiger partial charge in [0.15, 0.2) is 11.6 Å². The summed E-state index contributed by atoms with van der Waals surface area (Å²) in [5.74, 6) is -3.09. The first kappa shape index (κ1) is 10.6. The molecule has 1 aromatic rings. The molecule has 0 saturated carbocycles. The molecule has 0 fully saturated rings. The van der Waals surface area contributed by atoms with Crippen molar-refractivity contribution in [3.63, 3.8) is 0 Å². The number of nitrogens with one attached hydrogen (secondary N) is 1. The van der Waals surface area contributed by atoms with Gasteiger partial charge in [0, 0.05) is 18.7 Å². The lowest BCUT2D eigenvalue weighted by molar-refractivity contribution is 0.497. The van der Waals surface area contributed by atoms with Crippen LogP contribution in [0.5, 0.6) is 0 Å². The van der Waals surface area contributed by atoms with Crippen molar-refractivity contribution in [2.45, 2.75) is 6.92 Å². The van der Waals surface area contributed by atoms with Gasteiger partial charge < -0.3 is 5.32 Å². The fourth-order valence-electron chi connectivity index (χ4n) is 0.931. The summed E-state index contributed by atoms with van der Waals surface area (Å²) < 4.78 is 38.3. The van der Waals surface area contributed by atoms with E-state index in [1.807, 2.05) is 0 Å². The minimum atomic E-state index is -1.20. The van der Waals surface area contributed by atoms with Gasteiger partial charge in [-0.05, 0) is 6.92 Å². The van der Waals surface area contributed by atoms with Crippen molar-refractivity contribution in [2.75, 3.05) is 11.9 Å². The van der Waals surface area contributed by atoms with E-state index in [1.165, 1.54) is 0 Å². The van der Waals surface area contributed by atoms with Gasteiger partial charge in [0.05, 0.1) is 5.69 Å². The van der Waals surface area contributed by atoms with Gasteiger partial charge >= 0.3 is 0 Å². The molecule has 0 spiro atoms. The van der Waals surface area contributed by atoms with Gasteiger partial charge in [0.1, 0.15) is 5.82 Å². The molecule has 0 aliphatic heterocycles. The Balaban J connectivity index is 2.90. The molecule has 0 aliphatic carbocycles. The molecule has 76 valence electrons. The molecule has 0 radical (unpaired) electrons. The minimum absolute atomic E-state index is 0.189. The molecule has 1 aromatic carbocycles. The molecule has 1 N–H and O–H groups in total. The van der Waals surface area contributed by atoms with Gasteiger partial charge in [-0.15, -0.1) is 0 Å². The third kappa shape index (κ3) is 2.52. The first-order chi connectivity index (χ1) is 6.50. The quantitative estimate of drug-likeness (QED) is 0.585. The molecule has 1 nitrogen and oxygen atoms in total. The minimum Gasteiger partial charge on any atom is -0.379 e. The summed E-state index contributed by atoms with van der Waals surface area (Å²) in [5, 5.41) is 2.54. The highest BCUT2D eigenvalue weighted by molar-refractivity contribution is 5.46. The van der Waals surface area contributed by atoms with Crippen molar-refractivity contribution in [2.24, 2.45) is 0 Å².